The molecular weight excluding hydrogens is 228 g/mol. The van der Waals surface area contributed by atoms with Crippen molar-refractivity contribution in [3.05, 3.63) is 47.5 Å². The predicted molar refractivity (Wildman–Crippen MR) is 68.0 cm³/mol. The molecule has 1 heterocycles. The summed E-state index contributed by atoms with van der Waals surface area (Å²) in [6, 6.07) is 8.26. The molecule has 1 aromatic heterocycles. The molecule has 0 fully saturated rings. The minimum Gasteiger partial charge on any atom is -0.335 e. The fourth-order valence-electron chi connectivity index (χ4n) is 1.72. The number of carbonyl (C=O) groups excluding carboxylic acids is 1. The number of aromatic nitrogens is 3. The van der Waals surface area contributed by atoms with Crippen molar-refractivity contribution in [2.45, 2.75) is 19.9 Å². The Hall–Kier alpha value is -2.17. The van der Waals surface area contributed by atoms with Gasteiger partial charge in [-0.1, -0.05) is 31.2 Å². The van der Waals surface area contributed by atoms with E-state index in [4.69, 9.17) is 0 Å². The number of benzene rings is 1. The van der Waals surface area contributed by atoms with E-state index in [1.807, 2.05) is 12.1 Å². The standard InChI is InChI=1S/C13H16N4O/c1-3-10-4-6-11(7-5-10)8-17(2)13(18)12-14-9-15-16-12/h4-7,9H,3,8H2,1-2H3,(H,14,15,16). The molecule has 0 aliphatic heterocycles. The molecule has 0 saturated heterocycles. The highest BCUT2D eigenvalue weighted by atomic mass is 16.2. The topological polar surface area (TPSA) is 61.9 Å². The molecule has 1 amide bonds. The largest absolute Gasteiger partial charge is 0.335 e. The van der Waals surface area contributed by atoms with Gasteiger partial charge in [0.2, 0.25) is 5.82 Å². The minimum atomic E-state index is -0.160. The van der Waals surface area contributed by atoms with Crippen LogP contribution in [0.4, 0.5) is 0 Å². The smallest absolute Gasteiger partial charge is 0.291 e. The average molecular weight is 244 g/mol. The fourth-order valence-corrected chi connectivity index (χ4v) is 1.72. The van der Waals surface area contributed by atoms with Gasteiger partial charge < -0.3 is 4.90 Å². The number of hydrogen-bond donors (Lipinski definition) is 1. The number of H-pyrrole nitrogens is 1. The Morgan fingerprint density at radius 2 is 1.94 bits per heavy atom. The Labute approximate surface area is 106 Å². The van der Waals surface area contributed by atoms with Crippen LogP contribution in [0.2, 0.25) is 0 Å². The van der Waals surface area contributed by atoms with E-state index >= 15 is 0 Å². The Morgan fingerprint density at radius 1 is 1.28 bits per heavy atom. The van der Waals surface area contributed by atoms with E-state index in [2.05, 4.69) is 34.2 Å². The zero-order valence-corrected chi connectivity index (χ0v) is 10.6. The van der Waals surface area contributed by atoms with Crippen molar-refractivity contribution >= 4 is 5.91 Å². The molecule has 0 spiro atoms. The average Bonchev–Trinajstić information content (AvgIpc) is 2.92. The van der Waals surface area contributed by atoms with Gasteiger partial charge in [0.25, 0.3) is 5.91 Å². The first-order valence-corrected chi connectivity index (χ1v) is 5.89. The molecule has 5 heteroatoms. The Morgan fingerprint density at radius 3 is 2.50 bits per heavy atom. The van der Waals surface area contributed by atoms with Gasteiger partial charge >= 0.3 is 0 Å². The van der Waals surface area contributed by atoms with Crippen LogP contribution < -0.4 is 0 Å². The Bertz CT molecular complexity index is 504. The van der Waals surface area contributed by atoms with Crippen molar-refractivity contribution in [1.82, 2.24) is 20.1 Å². The molecular formula is C13H16N4O. The molecule has 0 radical (unpaired) electrons. The van der Waals surface area contributed by atoms with Crippen molar-refractivity contribution < 1.29 is 4.79 Å². The SMILES string of the molecule is CCc1ccc(CN(C)C(=O)c2ncn[nH]2)cc1. The molecule has 94 valence electrons. The van der Waals surface area contributed by atoms with E-state index in [9.17, 15) is 4.79 Å². The number of hydrogen-bond acceptors (Lipinski definition) is 3. The van der Waals surface area contributed by atoms with E-state index in [1.165, 1.54) is 11.9 Å². The fraction of sp³-hybridized carbons (Fsp3) is 0.308. The monoisotopic (exact) mass is 244 g/mol. The third-order valence-corrected chi connectivity index (χ3v) is 2.82. The summed E-state index contributed by atoms with van der Waals surface area (Å²) in [5.41, 5.74) is 2.39. The van der Waals surface area contributed by atoms with E-state index in [0.717, 1.165) is 12.0 Å². The lowest BCUT2D eigenvalue weighted by Crippen LogP contribution is -2.27. The molecule has 0 bridgehead atoms. The Balaban J connectivity index is 2.02. The number of nitrogens with one attached hydrogen (secondary N) is 1. The van der Waals surface area contributed by atoms with Crippen molar-refractivity contribution in [1.29, 1.82) is 0 Å². The highest BCUT2D eigenvalue weighted by molar-refractivity contribution is 5.90. The Kier molecular flexibility index (Phi) is 3.72. The van der Waals surface area contributed by atoms with Gasteiger partial charge in [-0.25, -0.2) is 4.98 Å². The third kappa shape index (κ3) is 2.74. The van der Waals surface area contributed by atoms with Crippen LogP contribution >= 0.6 is 0 Å². The van der Waals surface area contributed by atoms with Crippen LogP contribution in [0, 0.1) is 0 Å². The summed E-state index contributed by atoms with van der Waals surface area (Å²) in [5.74, 6) is 0.106. The summed E-state index contributed by atoms with van der Waals surface area (Å²) in [6.07, 6.45) is 2.35. The molecule has 5 nitrogen and oxygen atoms in total. The third-order valence-electron chi connectivity index (χ3n) is 2.82. The maximum atomic E-state index is 11.9. The maximum absolute atomic E-state index is 11.9. The lowest BCUT2D eigenvalue weighted by molar-refractivity contribution is 0.0773. The molecule has 0 atom stereocenters. The minimum absolute atomic E-state index is 0.160. The van der Waals surface area contributed by atoms with Crippen molar-refractivity contribution in [2.75, 3.05) is 7.05 Å². The zero-order valence-electron chi connectivity index (χ0n) is 10.6. The molecule has 0 unspecified atom stereocenters. The van der Waals surface area contributed by atoms with Crippen LogP contribution in [0.15, 0.2) is 30.6 Å². The van der Waals surface area contributed by atoms with Gasteiger partial charge in [0.1, 0.15) is 6.33 Å². The summed E-state index contributed by atoms with van der Waals surface area (Å²) >= 11 is 0. The zero-order chi connectivity index (χ0) is 13.0. The summed E-state index contributed by atoms with van der Waals surface area (Å²) in [6.45, 7) is 2.68. The molecule has 1 aromatic carbocycles. The van der Waals surface area contributed by atoms with Crippen LogP contribution in [-0.4, -0.2) is 33.0 Å². The number of aromatic amines is 1. The van der Waals surface area contributed by atoms with Gasteiger partial charge in [0.15, 0.2) is 0 Å². The molecule has 0 saturated carbocycles. The summed E-state index contributed by atoms with van der Waals surface area (Å²) in [7, 11) is 1.75. The first kappa shape index (κ1) is 12.3. The quantitative estimate of drug-likeness (QED) is 0.889. The van der Waals surface area contributed by atoms with Gasteiger partial charge in [0, 0.05) is 13.6 Å². The van der Waals surface area contributed by atoms with Crippen LogP contribution in [0.25, 0.3) is 0 Å². The predicted octanol–water partition coefficient (Wildman–Crippen LogP) is 1.64. The van der Waals surface area contributed by atoms with E-state index in [1.54, 1.807) is 11.9 Å². The van der Waals surface area contributed by atoms with Crippen LogP contribution in [0.3, 0.4) is 0 Å². The molecule has 1 N–H and O–H groups in total. The number of nitrogens with zero attached hydrogens (tertiary/aromatic N) is 3. The van der Waals surface area contributed by atoms with Crippen LogP contribution in [0.1, 0.15) is 28.7 Å². The maximum Gasteiger partial charge on any atom is 0.291 e. The first-order valence-electron chi connectivity index (χ1n) is 5.89. The van der Waals surface area contributed by atoms with Crippen molar-refractivity contribution in [3.8, 4) is 0 Å². The number of aryl methyl sites for hydroxylation is 1. The van der Waals surface area contributed by atoms with E-state index < -0.39 is 0 Å². The summed E-state index contributed by atoms with van der Waals surface area (Å²) in [5, 5.41) is 6.24. The second kappa shape index (κ2) is 5.44. The lowest BCUT2D eigenvalue weighted by Gasteiger charge is -2.15. The highest BCUT2D eigenvalue weighted by Gasteiger charge is 2.14. The summed E-state index contributed by atoms with van der Waals surface area (Å²) < 4.78 is 0. The van der Waals surface area contributed by atoms with Gasteiger partial charge in [-0.2, -0.15) is 5.10 Å². The van der Waals surface area contributed by atoms with E-state index in [-0.39, 0.29) is 11.7 Å². The van der Waals surface area contributed by atoms with Crippen molar-refractivity contribution in [2.24, 2.45) is 0 Å². The van der Waals surface area contributed by atoms with Gasteiger partial charge in [0.05, 0.1) is 0 Å². The van der Waals surface area contributed by atoms with Crippen LogP contribution in [-0.2, 0) is 13.0 Å². The summed E-state index contributed by atoms with van der Waals surface area (Å²) in [4.78, 5) is 17.4. The van der Waals surface area contributed by atoms with Gasteiger partial charge in [-0.15, -0.1) is 0 Å². The molecule has 2 aromatic rings. The van der Waals surface area contributed by atoms with Gasteiger partial charge in [-0.3, -0.25) is 9.89 Å². The second-order valence-corrected chi connectivity index (χ2v) is 4.17. The highest BCUT2D eigenvalue weighted by Crippen LogP contribution is 2.08. The molecule has 2 rings (SSSR count). The first-order chi connectivity index (χ1) is 8.70. The number of rotatable bonds is 4. The van der Waals surface area contributed by atoms with Crippen LogP contribution in [0.5, 0.6) is 0 Å². The molecule has 18 heavy (non-hydrogen) atoms. The normalized spacial score (nSPS) is 10.3. The second-order valence-electron chi connectivity index (χ2n) is 4.17. The molecule has 0 aliphatic rings. The number of amides is 1. The van der Waals surface area contributed by atoms with Crippen molar-refractivity contribution in [3.63, 3.8) is 0 Å². The lowest BCUT2D eigenvalue weighted by atomic mass is 10.1. The number of carbonyl (C=O) groups is 1. The van der Waals surface area contributed by atoms with E-state index in [0.29, 0.717) is 6.54 Å². The molecule has 0 aliphatic carbocycles. The van der Waals surface area contributed by atoms with Gasteiger partial charge in [-0.05, 0) is 17.5 Å².